The Morgan fingerprint density at radius 2 is 1.83 bits per heavy atom. The monoisotopic (exact) mass is 399 g/mol. The van der Waals surface area contributed by atoms with Crippen molar-refractivity contribution in [2.75, 3.05) is 19.0 Å². The van der Waals surface area contributed by atoms with Gasteiger partial charge in [0.1, 0.15) is 12.3 Å². The fourth-order valence-electron chi connectivity index (χ4n) is 2.75. The Morgan fingerprint density at radius 3 is 2.45 bits per heavy atom. The molecule has 11 heteroatoms. The van der Waals surface area contributed by atoms with E-state index in [0.29, 0.717) is 4.90 Å². The van der Waals surface area contributed by atoms with Crippen molar-refractivity contribution in [3.8, 4) is 5.75 Å². The van der Waals surface area contributed by atoms with Crippen LogP contribution in [0.1, 0.15) is 31.1 Å². The van der Waals surface area contributed by atoms with Crippen LogP contribution in [0.5, 0.6) is 5.75 Å². The van der Waals surface area contributed by atoms with Crippen molar-refractivity contribution in [1.29, 1.82) is 0 Å². The smallest absolute Gasteiger partial charge is 0.337 e. The second-order valence-electron chi connectivity index (χ2n) is 5.96. The number of hydrogen-bond acceptors (Lipinski definition) is 8. The lowest BCUT2D eigenvalue weighted by atomic mass is 10.1. The number of aromatic hydroxyl groups is 1. The van der Waals surface area contributed by atoms with Crippen molar-refractivity contribution in [3.05, 3.63) is 63.2 Å². The van der Waals surface area contributed by atoms with Gasteiger partial charge < -0.3 is 15.2 Å². The molecule has 0 spiro atoms. The Hall–Kier alpha value is -4.28. The van der Waals surface area contributed by atoms with Crippen molar-refractivity contribution >= 4 is 35.1 Å². The summed E-state index contributed by atoms with van der Waals surface area (Å²) in [6.07, 6.45) is 0. The second-order valence-corrected chi connectivity index (χ2v) is 5.96. The summed E-state index contributed by atoms with van der Waals surface area (Å²) in [7, 11) is 1.17. The largest absolute Gasteiger partial charge is 0.506 e. The number of methoxy groups -OCH3 is 1. The van der Waals surface area contributed by atoms with Crippen LogP contribution in [-0.4, -0.2) is 52.3 Å². The van der Waals surface area contributed by atoms with E-state index in [4.69, 9.17) is 0 Å². The third kappa shape index (κ3) is 3.60. The molecule has 2 aromatic rings. The molecule has 0 unspecified atom stereocenters. The number of ether oxygens (including phenoxy) is 1. The summed E-state index contributed by atoms with van der Waals surface area (Å²) < 4.78 is 4.52. The van der Waals surface area contributed by atoms with Gasteiger partial charge in [0.25, 0.3) is 17.5 Å². The molecule has 0 atom stereocenters. The van der Waals surface area contributed by atoms with Crippen molar-refractivity contribution in [1.82, 2.24) is 4.90 Å². The third-order valence-electron chi connectivity index (χ3n) is 4.16. The van der Waals surface area contributed by atoms with Gasteiger partial charge in [-0.25, -0.2) is 4.79 Å². The number of non-ortho nitro benzene ring substituents is 1. The van der Waals surface area contributed by atoms with E-state index < -0.39 is 40.9 Å². The molecule has 0 saturated carbocycles. The molecule has 3 rings (SSSR count). The average molecular weight is 399 g/mol. The van der Waals surface area contributed by atoms with E-state index in [2.05, 4.69) is 10.1 Å². The highest BCUT2D eigenvalue weighted by atomic mass is 16.6. The lowest BCUT2D eigenvalue weighted by molar-refractivity contribution is -0.384. The third-order valence-corrected chi connectivity index (χ3v) is 4.16. The molecule has 1 aliphatic heterocycles. The Bertz CT molecular complexity index is 1080. The first-order valence-corrected chi connectivity index (χ1v) is 8.08. The van der Waals surface area contributed by atoms with Crippen LogP contribution in [0.3, 0.4) is 0 Å². The molecule has 29 heavy (non-hydrogen) atoms. The number of nitro benzene ring substituents is 1. The highest BCUT2D eigenvalue weighted by Crippen LogP contribution is 2.28. The van der Waals surface area contributed by atoms with E-state index in [-0.39, 0.29) is 28.1 Å². The van der Waals surface area contributed by atoms with E-state index in [1.165, 1.54) is 19.2 Å². The first-order valence-electron chi connectivity index (χ1n) is 8.08. The van der Waals surface area contributed by atoms with E-state index in [9.17, 15) is 34.4 Å². The molecule has 0 aromatic heterocycles. The maximum Gasteiger partial charge on any atom is 0.337 e. The molecular weight excluding hydrogens is 386 g/mol. The van der Waals surface area contributed by atoms with Gasteiger partial charge in [-0.05, 0) is 24.3 Å². The number of benzene rings is 2. The van der Waals surface area contributed by atoms with Crippen LogP contribution in [0.2, 0.25) is 0 Å². The van der Waals surface area contributed by atoms with Crippen molar-refractivity contribution in [2.45, 2.75) is 0 Å². The van der Waals surface area contributed by atoms with Crippen LogP contribution in [0.4, 0.5) is 11.4 Å². The van der Waals surface area contributed by atoms with Crippen molar-refractivity contribution < 1.29 is 33.9 Å². The Kier molecular flexibility index (Phi) is 4.96. The van der Waals surface area contributed by atoms with Gasteiger partial charge in [-0.3, -0.25) is 29.4 Å². The van der Waals surface area contributed by atoms with Gasteiger partial charge in [0.05, 0.1) is 34.4 Å². The van der Waals surface area contributed by atoms with E-state index in [1.807, 2.05) is 0 Å². The quantitative estimate of drug-likeness (QED) is 0.251. The molecule has 1 aliphatic rings. The number of fused-ring (bicyclic) bond motifs is 1. The minimum atomic E-state index is -0.839. The highest BCUT2D eigenvalue weighted by Gasteiger charge is 2.37. The van der Waals surface area contributed by atoms with Gasteiger partial charge in [-0.2, -0.15) is 0 Å². The molecular formula is C18H13N3O8. The lowest BCUT2D eigenvalue weighted by Gasteiger charge is -2.14. The lowest BCUT2D eigenvalue weighted by Crippen LogP contribution is -2.37. The molecule has 148 valence electrons. The number of nitro groups is 1. The zero-order valence-electron chi connectivity index (χ0n) is 14.9. The molecule has 11 nitrogen and oxygen atoms in total. The highest BCUT2D eigenvalue weighted by molar-refractivity contribution is 6.23. The van der Waals surface area contributed by atoms with Crippen LogP contribution < -0.4 is 5.32 Å². The molecule has 0 radical (unpaired) electrons. The summed E-state index contributed by atoms with van der Waals surface area (Å²) in [4.78, 5) is 59.2. The number of esters is 1. The summed E-state index contributed by atoms with van der Waals surface area (Å²) in [5.41, 5.74) is -0.549. The fraction of sp³-hybridized carbons (Fsp3) is 0.111. The predicted molar refractivity (Wildman–Crippen MR) is 96.5 cm³/mol. The minimum Gasteiger partial charge on any atom is -0.506 e. The molecule has 0 bridgehead atoms. The second kappa shape index (κ2) is 7.38. The van der Waals surface area contributed by atoms with Gasteiger partial charge in [-0.1, -0.05) is 0 Å². The van der Waals surface area contributed by atoms with Crippen LogP contribution in [0, 0.1) is 10.1 Å². The Morgan fingerprint density at radius 1 is 1.14 bits per heavy atom. The number of hydrogen-bond donors (Lipinski definition) is 2. The topological polar surface area (TPSA) is 156 Å². The number of phenolic OH excluding ortho intramolecular Hbond substituents is 1. The van der Waals surface area contributed by atoms with Crippen LogP contribution >= 0.6 is 0 Å². The van der Waals surface area contributed by atoms with Gasteiger partial charge in [0.2, 0.25) is 5.91 Å². The first kappa shape index (κ1) is 19.5. The first-order chi connectivity index (χ1) is 13.7. The van der Waals surface area contributed by atoms with Gasteiger partial charge in [-0.15, -0.1) is 0 Å². The van der Waals surface area contributed by atoms with Crippen molar-refractivity contribution in [3.63, 3.8) is 0 Å². The Balaban J connectivity index is 1.74. The SMILES string of the molecule is COC(=O)c1ccc(NC(=O)CN2C(=O)c3ccc([N+](=O)[O-])cc3C2=O)c(O)c1. The molecule has 0 aliphatic carbocycles. The number of carbonyl (C=O) groups is 4. The molecule has 0 fully saturated rings. The summed E-state index contributed by atoms with van der Waals surface area (Å²) >= 11 is 0. The van der Waals surface area contributed by atoms with Crippen molar-refractivity contribution in [2.24, 2.45) is 0 Å². The molecule has 2 N–H and O–H groups in total. The molecule has 2 aromatic carbocycles. The number of nitrogens with one attached hydrogen (secondary N) is 1. The summed E-state index contributed by atoms with van der Waals surface area (Å²) in [6, 6.07) is 6.87. The number of amides is 3. The van der Waals surface area contributed by atoms with E-state index in [1.54, 1.807) is 0 Å². The summed E-state index contributed by atoms with van der Waals surface area (Å²) in [5.74, 6) is -3.50. The number of nitrogens with zero attached hydrogens (tertiary/aromatic N) is 2. The predicted octanol–water partition coefficient (Wildman–Crippen LogP) is 1.32. The van der Waals surface area contributed by atoms with Crippen LogP contribution in [0.25, 0.3) is 0 Å². The van der Waals surface area contributed by atoms with Crippen LogP contribution in [0.15, 0.2) is 36.4 Å². The molecule has 1 heterocycles. The van der Waals surface area contributed by atoms with E-state index >= 15 is 0 Å². The number of rotatable bonds is 5. The summed E-state index contributed by atoms with van der Waals surface area (Å²) in [5, 5.41) is 23.1. The number of imide groups is 1. The van der Waals surface area contributed by atoms with Crippen LogP contribution in [-0.2, 0) is 9.53 Å². The maximum absolute atomic E-state index is 12.4. The number of phenols is 1. The molecule has 0 saturated heterocycles. The zero-order valence-corrected chi connectivity index (χ0v) is 14.9. The van der Waals surface area contributed by atoms with Gasteiger partial charge in [0.15, 0.2) is 0 Å². The van der Waals surface area contributed by atoms with Gasteiger partial charge in [0, 0.05) is 12.1 Å². The maximum atomic E-state index is 12.4. The number of carbonyl (C=O) groups excluding carboxylic acids is 4. The standard InChI is InChI=1S/C18H13N3O8/c1-29-18(26)9-2-5-13(14(22)6-9)19-15(23)8-20-16(24)11-4-3-10(21(27)28)7-12(11)17(20)25/h2-7,22H,8H2,1H3,(H,19,23). The normalized spacial score (nSPS) is 12.5. The van der Waals surface area contributed by atoms with Gasteiger partial charge >= 0.3 is 5.97 Å². The van der Waals surface area contributed by atoms with E-state index in [0.717, 1.165) is 24.3 Å². The Labute approximate surface area is 162 Å². The number of anilines is 1. The molecule has 3 amide bonds. The summed E-state index contributed by atoms with van der Waals surface area (Å²) in [6.45, 7) is -0.668. The fourth-order valence-corrected chi connectivity index (χ4v) is 2.75. The minimum absolute atomic E-state index is 0.0429. The zero-order chi connectivity index (χ0) is 21.3. The average Bonchev–Trinajstić information content (AvgIpc) is 2.93.